The lowest BCUT2D eigenvalue weighted by atomic mass is 10.2. The monoisotopic (exact) mass is 590 g/mol. The molecule has 3 rings (SSSR count). The number of nitrogen functional groups attached to an aromatic ring is 1. The summed E-state index contributed by atoms with van der Waals surface area (Å²) in [5.41, 5.74) is 10.1. The zero-order valence-electron chi connectivity index (χ0n) is 18.3. The van der Waals surface area contributed by atoms with Crippen molar-refractivity contribution in [2.24, 2.45) is 5.73 Å². The van der Waals surface area contributed by atoms with E-state index >= 15 is 0 Å². The van der Waals surface area contributed by atoms with Crippen molar-refractivity contribution in [1.29, 1.82) is 0 Å². The summed E-state index contributed by atoms with van der Waals surface area (Å²) in [6.07, 6.45) is -0.128. The van der Waals surface area contributed by atoms with Crippen LogP contribution in [-0.2, 0) is 41.1 Å². The highest BCUT2D eigenvalue weighted by Gasteiger charge is 2.44. The first-order valence-corrected chi connectivity index (χ1v) is 14.3. The molecule has 3 heterocycles. The molecule has 0 radical (unpaired) electrons. The molecular weight excluding hydrogens is 569 g/mol. The van der Waals surface area contributed by atoms with Crippen molar-refractivity contribution in [2.45, 2.75) is 24.9 Å². The lowest BCUT2D eigenvalue weighted by molar-refractivity contribution is -0.146. The summed E-state index contributed by atoms with van der Waals surface area (Å²) in [5.74, 6) is -1.09. The first kappa shape index (κ1) is 29.2. The van der Waals surface area contributed by atoms with Crippen LogP contribution in [0.15, 0.2) is 23.3 Å². The van der Waals surface area contributed by atoms with Gasteiger partial charge in [0.15, 0.2) is 11.2 Å². The number of carbonyl (C=O) groups is 1. The summed E-state index contributed by atoms with van der Waals surface area (Å²) in [7, 11) is -16.8. The smallest absolute Gasteiger partial charge is 0.456 e. The second-order valence-electron chi connectivity index (χ2n) is 7.14. The van der Waals surface area contributed by atoms with Crippen LogP contribution in [0.2, 0.25) is 0 Å². The Balaban J connectivity index is 1.80. The minimum Gasteiger partial charge on any atom is -0.456 e. The first-order chi connectivity index (χ1) is 17.1. The van der Waals surface area contributed by atoms with Crippen LogP contribution in [0.5, 0.6) is 0 Å². The molecule has 5 atom stereocenters. The fourth-order valence-corrected chi connectivity index (χ4v) is 6.15. The molecular formula is C14H21N6O14P3. The van der Waals surface area contributed by atoms with Crippen LogP contribution in [0.1, 0.15) is 12.6 Å². The van der Waals surface area contributed by atoms with E-state index in [0.717, 1.165) is 6.08 Å². The number of esters is 1. The summed E-state index contributed by atoms with van der Waals surface area (Å²) in [6.45, 7) is -0.876. The predicted octanol–water partition coefficient (Wildman–Crippen LogP) is -1.24. The number of hydrogen-bond donors (Lipinski definition) is 7. The number of nitrogens with zero attached hydrogens (tertiary/aromatic N) is 3. The number of carbonyl (C=O) groups excluding carboxylic acids is 1. The SMILES string of the molecule is NC/C=C/C(=O)O[C@@H]1C[C@H](n2cnc3c(=O)[nH]c(N)nc32)OC1COP(=O)(O)OP(=O)(O)OP(=O)(O)O. The van der Waals surface area contributed by atoms with E-state index in [4.69, 9.17) is 30.7 Å². The number of imidazole rings is 1. The van der Waals surface area contributed by atoms with Crippen molar-refractivity contribution >= 4 is 46.5 Å². The largest absolute Gasteiger partial charge is 0.490 e. The fourth-order valence-electron chi connectivity index (χ4n) is 3.12. The molecule has 3 unspecified atom stereocenters. The van der Waals surface area contributed by atoms with Gasteiger partial charge in [-0.1, -0.05) is 6.08 Å². The molecule has 2 aromatic rings. The highest BCUT2D eigenvalue weighted by Crippen LogP contribution is 2.66. The quantitative estimate of drug-likeness (QED) is 0.0914. The van der Waals surface area contributed by atoms with Crippen molar-refractivity contribution in [1.82, 2.24) is 19.5 Å². The molecule has 1 aliphatic heterocycles. The van der Waals surface area contributed by atoms with Gasteiger partial charge in [-0.2, -0.15) is 13.6 Å². The Bertz CT molecular complexity index is 1390. The second kappa shape index (κ2) is 11.2. The lowest BCUT2D eigenvalue weighted by Crippen LogP contribution is -2.30. The molecule has 0 amide bonds. The predicted molar refractivity (Wildman–Crippen MR) is 119 cm³/mol. The number of hydrogen-bond acceptors (Lipinski definition) is 14. The number of nitrogens with one attached hydrogen (secondary N) is 1. The van der Waals surface area contributed by atoms with Gasteiger partial charge in [0.25, 0.3) is 5.56 Å². The van der Waals surface area contributed by atoms with Gasteiger partial charge in [0.1, 0.15) is 18.4 Å². The van der Waals surface area contributed by atoms with Crippen LogP contribution < -0.4 is 17.0 Å². The minimum atomic E-state index is -5.75. The molecule has 0 bridgehead atoms. The van der Waals surface area contributed by atoms with Crippen LogP contribution in [0.25, 0.3) is 11.2 Å². The molecule has 37 heavy (non-hydrogen) atoms. The van der Waals surface area contributed by atoms with Crippen LogP contribution in [-0.4, -0.2) is 70.4 Å². The number of phosphoric ester groups is 1. The van der Waals surface area contributed by atoms with Gasteiger partial charge < -0.3 is 40.5 Å². The highest BCUT2D eigenvalue weighted by molar-refractivity contribution is 7.66. The maximum absolute atomic E-state index is 12.1. The van der Waals surface area contributed by atoms with Crippen LogP contribution in [0, 0.1) is 0 Å². The number of H-pyrrole nitrogens is 1. The second-order valence-corrected chi connectivity index (χ2v) is 11.6. The topological polar surface area (TPSA) is 311 Å². The number of aromatic nitrogens is 4. The van der Waals surface area contributed by atoms with Gasteiger partial charge >= 0.3 is 29.4 Å². The van der Waals surface area contributed by atoms with Crippen LogP contribution in [0.3, 0.4) is 0 Å². The lowest BCUT2D eigenvalue weighted by Gasteiger charge is -2.20. The third-order valence-electron chi connectivity index (χ3n) is 4.42. The average molecular weight is 590 g/mol. The first-order valence-electron chi connectivity index (χ1n) is 9.82. The molecule has 1 saturated heterocycles. The van der Waals surface area contributed by atoms with Crippen molar-refractivity contribution in [2.75, 3.05) is 18.9 Å². The number of fused-ring (bicyclic) bond motifs is 1. The van der Waals surface area contributed by atoms with E-state index in [9.17, 15) is 33.1 Å². The van der Waals surface area contributed by atoms with E-state index in [1.54, 1.807) is 0 Å². The molecule has 20 nitrogen and oxygen atoms in total. The van der Waals surface area contributed by atoms with Gasteiger partial charge in [-0.3, -0.25) is 18.9 Å². The standard InChI is InChI=1S/C14H21N6O14P3/c15-3-1-2-10(21)32-7-4-9(20-6-17-11-12(20)18-14(16)19-13(11)22)31-8(7)5-30-36(26,27)34-37(28,29)33-35(23,24)25/h1-2,6-9H,3-5,15H2,(H,26,27)(H,28,29)(H2,23,24,25)(H3,16,18,19,22)/b2-1+/t7-,8?,9-/m1/s1. The zero-order valence-corrected chi connectivity index (χ0v) is 21.0. The molecule has 9 N–H and O–H groups in total. The number of phosphoric acid groups is 3. The number of aromatic amines is 1. The molecule has 0 aliphatic carbocycles. The molecule has 0 aromatic carbocycles. The van der Waals surface area contributed by atoms with Gasteiger partial charge in [-0.05, 0) is 0 Å². The van der Waals surface area contributed by atoms with Gasteiger partial charge in [-0.15, -0.1) is 0 Å². The molecule has 2 aromatic heterocycles. The van der Waals surface area contributed by atoms with Crippen LogP contribution in [0.4, 0.5) is 5.95 Å². The van der Waals surface area contributed by atoms with Gasteiger partial charge in [0.05, 0.1) is 12.9 Å². The van der Waals surface area contributed by atoms with Crippen LogP contribution >= 0.6 is 23.5 Å². The number of rotatable bonds is 11. The Kier molecular flexibility index (Phi) is 8.86. The van der Waals surface area contributed by atoms with Gasteiger partial charge in [0, 0.05) is 19.0 Å². The fraction of sp³-hybridized carbons (Fsp3) is 0.429. The molecule has 1 fully saturated rings. The van der Waals surface area contributed by atoms with Crippen molar-refractivity contribution in [3.05, 3.63) is 28.8 Å². The Labute approximate surface area is 205 Å². The number of ether oxygens (including phenoxy) is 2. The maximum atomic E-state index is 12.1. The summed E-state index contributed by atoms with van der Waals surface area (Å²) in [6, 6.07) is 0. The Morgan fingerprint density at radius 2 is 1.95 bits per heavy atom. The average Bonchev–Trinajstić information content (AvgIpc) is 3.32. The summed E-state index contributed by atoms with van der Waals surface area (Å²) in [4.78, 5) is 70.5. The van der Waals surface area contributed by atoms with Gasteiger partial charge in [-0.25, -0.2) is 23.5 Å². The van der Waals surface area contributed by atoms with E-state index in [-0.39, 0.29) is 30.1 Å². The number of anilines is 1. The molecule has 1 aliphatic rings. The normalized spacial score (nSPS) is 23.8. The third kappa shape index (κ3) is 8.08. The van der Waals surface area contributed by atoms with E-state index in [1.807, 2.05) is 0 Å². The third-order valence-corrected chi connectivity index (χ3v) is 8.22. The van der Waals surface area contributed by atoms with E-state index in [2.05, 4.69) is 28.1 Å². The van der Waals surface area contributed by atoms with Gasteiger partial charge in [0.2, 0.25) is 5.95 Å². The molecule has 0 spiro atoms. The Morgan fingerprint density at radius 1 is 1.24 bits per heavy atom. The van der Waals surface area contributed by atoms with E-state index in [1.165, 1.54) is 17.0 Å². The highest BCUT2D eigenvalue weighted by atomic mass is 31.3. The Morgan fingerprint density at radius 3 is 2.59 bits per heavy atom. The summed E-state index contributed by atoms with van der Waals surface area (Å²) < 4.78 is 58.5. The van der Waals surface area contributed by atoms with Crippen molar-refractivity contribution in [3.8, 4) is 0 Å². The maximum Gasteiger partial charge on any atom is 0.490 e. The van der Waals surface area contributed by atoms with Crippen molar-refractivity contribution in [3.63, 3.8) is 0 Å². The van der Waals surface area contributed by atoms with Crippen molar-refractivity contribution < 1.29 is 60.7 Å². The molecule has 206 valence electrons. The van der Waals surface area contributed by atoms with E-state index < -0.39 is 60.0 Å². The number of nitrogens with two attached hydrogens (primary N) is 2. The molecule has 23 heteroatoms. The summed E-state index contributed by atoms with van der Waals surface area (Å²) >= 11 is 0. The summed E-state index contributed by atoms with van der Waals surface area (Å²) in [5, 5.41) is 0. The van der Waals surface area contributed by atoms with E-state index in [0.29, 0.717) is 0 Å². The minimum absolute atomic E-state index is 0.00731. The molecule has 0 saturated carbocycles. The Hall–Kier alpha value is -2.31. The zero-order chi connectivity index (χ0) is 27.6.